The first-order valence-electron chi connectivity index (χ1n) is 5.16. The summed E-state index contributed by atoms with van der Waals surface area (Å²) in [4.78, 5) is 4.18. The van der Waals surface area contributed by atoms with E-state index in [-0.39, 0.29) is 5.82 Å². The Labute approximate surface area is 96.5 Å². The molecule has 0 aliphatic carbocycles. The molecule has 0 unspecified atom stereocenters. The number of anilines is 1. The standard InChI is InChI=1S/C12H10FN3O/c13-9-1-2-10-11(5-9)16(12(14)15-10)6-8-3-4-17-7-8/h1-5,7H,6H2,(H2,14,15). The number of rotatable bonds is 2. The fraction of sp³-hybridized carbons (Fsp3) is 0.0833. The second-order valence-electron chi connectivity index (χ2n) is 3.82. The molecule has 0 atom stereocenters. The molecule has 0 fully saturated rings. The van der Waals surface area contributed by atoms with Crippen molar-refractivity contribution in [2.75, 3.05) is 5.73 Å². The maximum atomic E-state index is 13.2. The zero-order valence-electron chi connectivity index (χ0n) is 8.93. The van der Waals surface area contributed by atoms with Gasteiger partial charge in [0.25, 0.3) is 0 Å². The SMILES string of the molecule is Nc1nc2ccc(F)cc2n1Cc1ccoc1. The van der Waals surface area contributed by atoms with E-state index >= 15 is 0 Å². The van der Waals surface area contributed by atoms with E-state index in [1.165, 1.54) is 12.1 Å². The van der Waals surface area contributed by atoms with E-state index in [0.717, 1.165) is 5.56 Å². The van der Waals surface area contributed by atoms with Crippen LogP contribution in [-0.2, 0) is 6.54 Å². The average Bonchev–Trinajstić information content (AvgIpc) is 2.90. The molecule has 2 heterocycles. The highest BCUT2D eigenvalue weighted by atomic mass is 19.1. The first-order chi connectivity index (χ1) is 8.24. The second-order valence-corrected chi connectivity index (χ2v) is 3.82. The fourth-order valence-corrected chi connectivity index (χ4v) is 1.85. The number of nitrogens with zero attached hydrogens (tertiary/aromatic N) is 2. The molecule has 1 aromatic carbocycles. The summed E-state index contributed by atoms with van der Waals surface area (Å²) >= 11 is 0. The van der Waals surface area contributed by atoms with Gasteiger partial charge >= 0.3 is 0 Å². The molecule has 2 aromatic heterocycles. The van der Waals surface area contributed by atoms with Crippen LogP contribution in [-0.4, -0.2) is 9.55 Å². The van der Waals surface area contributed by atoms with Crippen molar-refractivity contribution in [2.24, 2.45) is 0 Å². The Hall–Kier alpha value is -2.30. The van der Waals surface area contributed by atoms with Gasteiger partial charge in [0.2, 0.25) is 5.95 Å². The van der Waals surface area contributed by atoms with Crippen LogP contribution in [0.1, 0.15) is 5.56 Å². The summed E-state index contributed by atoms with van der Waals surface area (Å²) in [5.41, 5.74) is 8.15. The van der Waals surface area contributed by atoms with Gasteiger partial charge in [0, 0.05) is 5.56 Å². The summed E-state index contributed by atoms with van der Waals surface area (Å²) in [5.74, 6) is 0.0673. The third-order valence-electron chi connectivity index (χ3n) is 2.66. The minimum Gasteiger partial charge on any atom is -0.472 e. The zero-order valence-corrected chi connectivity index (χ0v) is 8.93. The Morgan fingerprint density at radius 2 is 2.24 bits per heavy atom. The van der Waals surface area contributed by atoms with Gasteiger partial charge in [-0.25, -0.2) is 9.37 Å². The van der Waals surface area contributed by atoms with Crippen molar-refractivity contribution < 1.29 is 8.81 Å². The first-order valence-corrected chi connectivity index (χ1v) is 5.16. The second kappa shape index (κ2) is 3.62. The Morgan fingerprint density at radius 1 is 1.35 bits per heavy atom. The molecule has 4 nitrogen and oxygen atoms in total. The number of fused-ring (bicyclic) bond motifs is 1. The predicted octanol–water partition coefficient (Wildman–Crippen LogP) is 2.40. The van der Waals surface area contributed by atoms with Gasteiger partial charge in [-0.15, -0.1) is 0 Å². The Morgan fingerprint density at radius 3 is 3.00 bits per heavy atom. The van der Waals surface area contributed by atoms with Gasteiger partial charge in [0.05, 0.1) is 30.1 Å². The molecular weight excluding hydrogens is 221 g/mol. The predicted molar refractivity (Wildman–Crippen MR) is 61.9 cm³/mol. The Kier molecular flexibility index (Phi) is 2.11. The normalized spacial score (nSPS) is 11.1. The van der Waals surface area contributed by atoms with E-state index in [0.29, 0.717) is 23.5 Å². The topological polar surface area (TPSA) is 57.0 Å². The molecule has 0 aliphatic rings. The number of nitrogens with two attached hydrogens (primary N) is 1. The van der Waals surface area contributed by atoms with E-state index in [9.17, 15) is 4.39 Å². The van der Waals surface area contributed by atoms with Crippen molar-refractivity contribution in [3.8, 4) is 0 Å². The molecule has 0 saturated carbocycles. The minimum absolute atomic E-state index is 0.300. The molecule has 3 aromatic rings. The number of imidazole rings is 1. The average molecular weight is 231 g/mol. The van der Waals surface area contributed by atoms with Gasteiger partial charge in [-0.1, -0.05) is 0 Å². The van der Waals surface area contributed by atoms with Gasteiger partial charge in [-0.3, -0.25) is 0 Å². The van der Waals surface area contributed by atoms with Crippen LogP contribution in [0.3, 0.4) is 0 Å². The molecule has 17 heavy (non-hydrogen) atoms. The van der Waals surface area contributed by atoms with Crippen LogP contribution in [0.2, 0.25) is 0 Å². The number of halogens is 1. The van der Waals surface area contributed by atoms with Crippen molar-refractivity contribution in [3.05, 3.63) is 48.2 Å². The monoisotopic (exact) mass is 231 g/mol. The lowest BCUT2D eigenvalue weighted by Crippen LogP contribution is -2.03. The van der Waals surface area contributed by atoms with Crippen LogP contribution in [0, 0.1) is 5.82 Å². The molecule has 2 N–H and O–H groups in total. The van der Waals surface area contributed by atoms with Crippen molar-refractivity contribution in [1.29, 1.82) is 0 Å². The van der Waals surface area contributed by atoms with E-state index in [1.807, 2.05) is 6.07 Å². The summed E-state index contributed by atoms with van der Waals surface area (Å²) in [6.45, 7) is 0.516. The minimum atomic E-state index is -0.300. The van der Waals surface area contributed by atoms with Crippen LogP contribution in [0.25, 0.3) is 11.0 Å². The summed E-state index contributed by atoms with van der Waals surface area (Å²) in [6.07, 6.45) is 3.22. The van der Waals surface area contributed by atoms with E-state index in [1.54, 1.807) is 23.2 Å². The maximum absolute atomic E-state index is 13.2. The number of hydrogen-bond acceptors (Lipinski definition) is 3. The van der Waals surface area contributed by atoms with Gasteiger partial charge in [0.1, 0.15) is 5.82 Å². The lowest BCUT2D eigenvalue weighted by molar-refractivity contribution is 0.562. The summed E-state index contributed by atoms with van der Waals surface area (Å²) in [5, 5.41) is 0. The fourth-order valence-electron chi connectivity index (χ4n) is 1.85. The molecule has 0 amide bonds. The van der Waals surface area contributed by atoms with Gasteiger partial charge < -0.3 is 14.7 Å². The Bertz CT molecular complexity index is 658. The van der Waals surface area contributed by atoms with Crippen molar-refractivity contribution in [2.45, 2.75) is 6.54 Å². The molecular formula is C12H10FN3O. The first kappa shape index (κ1) is 9.89. The summed E-state index contributed by atoms with van der Waals surface area (Å²) in [7, 11) is 0. The molecule has 0 bridgehead atoms. The van der Waals surface area contributed by atoms with Crippen LogP contribution in [0.15, 0.2) is 41.2 Å². The lowest BCUT2D eigenvalue weighted by Gasteiger charge is -2.03. The Balaban J connectivity index is 2.14. The molecule has 0 aliphatic heterocycles. The molecule has 86 valence electrons. The molecule has 0 saturated heterocycles. The number of hydrogen-bond donors (Lipinski definition) is 1. The van der Waals surface area contributed by atoms with Crippen molar-refractivity contribution in [1.82, 2.24) is 9.55 Å². The van der Waals surface area contributed by atoms with Crippen molar-refractivity contribution >= 4 is 17.0 Å². The van der Waals surface area contributed by atoms with E-state index in [4.69, 9.17) is 10.2 Å². The van der Waals surface area contributed by atoms with Crippen LogP contribution in [0.4, 0.5) is 10.3 Å². The van der Waals surface area contributed by atoms with Gasteiger partial charge in [-0.05, 0) is 24.3 Å². The third-order valence-corrected chi connectivity index (χ3v) is 2.66. The molecule has 0 spiro atoms. The van der Waals surface area contributed by atoms with Crippen LogP contribution in [0.5, 0.6) is 0 Å². The van der Waals surface area contributed by atoms with Gasteiger partial charge in [0.15, 0.2) is 0 Å². The highest BCUT2D eigenvalue weighted by Crippen LogP contribution is 2.20. The molecule has 3 rings (SSSR count). The van der Waals surface area contributed by atoms with Gasteiger partial charge in [-0.2, -0.15) is 0 Å². The third kappa shape index (κ3) is 1.65. The summed E-state index contributed by atoms with van der Waals surface area (Å²) < 4.78 is 19.9. The zero-order chi connectivity index (χ0) is 11.8. The van der Waals surface area contributed by atoms with Crippen LogP contribution >= 0.6 is 0 Å². The number of nitrogen functional groups attached to an aromatic ring is 1. The van der Waals surface area contributed by atoms with Crippen molar-refractivity contribution in [3.63, 3.8) is 0 Å². The van der Waals surface area contributed by atoms with E-state index in [2.05, 4.69) is 4.98 Å². The number of benzene rings is 1. The lowest BCUT2D eigenvalue weighted by atomic mass is 10.3. The van der Waals surface area contributed by atoms with Crippen LogP contribution < -0.4 is 5.73 Å². The number of furan rings is 1. The number of aromatic nitrogens is 2. The molecule has 0 radical (unpaired) electrons. The molecule has 5 heteroatoms. The quantitative estimate of drug-likeness (QED) is 0.736. The maximum Gasteiger partial charge on any atom is 0.201 e. The highest BCUT2D eigenvalue weighted by Gasteiger charge is 2.09. The smallest absolute Gasteiger partial charge is 0.201 e. The van der Waals surface area contributed by atoms with E-state index < -0.39 is 0 Å². The summed E-state index contributed by atoms with van der Waals surface area (Å²) in [6, 6.07) is 6.26. The highest BCUT2D eigenvalue weighted by molar-refractivity contribution is 5.78. The largest absolute Gasteiger partial charge is 0.472 e.